The first-order valence-corrected chi connectivity index (χ1v) is 14.5. The minimum absolute atomic E-state index is 0.253. The molecule has 0 atom stereocenters. The molecular formula is C31H35N5O2S. The van der Waals surface area contributed by atoms with Crippen LogP contribution in [0.15, 0.2) is 84.0 Å². The smallest absolute Gasteiger partial charge is 0.222 e. The van der Waals surface area contributed by atoms with Crippen LogP contribution >= 0.6 is 11.8 Å². The van der Waals surface area contributed by atoms with Crippen molar-refractivity contribution < 1.29 is 9.53 Å². The number of aryl methyl sites for hydroxylation is 1. The van der Waals surface area contributed by atoms with Crippen molar-refractivity contribution in [2.24, 2.45) is 0 Å². The predicted octanol–water partition coefficient (Wildman–Crippen LogP) is 5.86. The summed E-state index contributed by atoms with van der Waals surface area (Å²) in [4.78, 5) is 17.2. The van der Waals surface area contributed by atoms with Crippen LogP contribution in [0, 0.1) is 6.92 Å². The number of carbonyl (C=O) groups is 1. The van der Waals surface area contributed by atoms with Crippen molar-refractivity contribution >= 4 is 23.4 Å². The number of hydrogen-bond donors (Lipinski definition) is 0. The van der Waals surface area contributed by atoms with Crippen LogP contribution < -0.4 is 9.64 Å². The Hall–Kier alpha value is -3.78. The van der Waals surface area contributed by atoms with E-state index in [0.717, 1.165) is 72.8 Å². The molecular weight excluding hydrogens is 506 g/mol. The van der Waals surface area contributed by atoms with E-state index in [2.05, 4.69) is 75.1 Å². The van der Waals surface area contributed by atoms with E-state index in [1.165, 1.54) is 11.3 Å². The maximum atomic E-state index is 12.8. The van der Waals surface area contributed by atoms with E-state index >= 15 is 0 Å². The molecule has 0 bridgehead atoms. The second-order valence-electron chi connectivity index (χ2n) is 9.71. The third kappa shape index (κ3) is 6.63. The summed E-state index contributed by atoms with van der Waals surface area (Å²) in [7, 11) is 1.68. The molecule has 0 saturated carbocycles. The lowest BCUT2D eigenvalue weighted by atomic mass is 10.1. The van der Waals surface area contributed by atoms with Crippen molar-refractivity contribution in [2.75, 3.05) is 43.9 Å². The average molecular weight is 542 g/mol. The van der Waals surface area contributed by atoms with Crippen LogP contribution in [0.3, 0.4) is 0 Å². The number of aromatic nitrogens is 3. The van der Waals surface area contributed by atoms with Gasteiger partial charge in [0.2, 0.25) is 5.91 Å². The summed E-state index contributed by atoms with van der Waals surface area (Å²) in [6, 6.07) is 26.8. The van der Waals surface area contributed by atoms with Crippen LogP contribution in [0.1, 0.15) is 24.8 Å². The highest BCUT2D eigenvalue weighted by Crippen LogP contribution is 2.29. The van der Waals surface area contributed by atoms with Gasteiger partial charge in [-0.25, -0.2) is 0 Å². The number of methoxy groups -OCH3 is 1. The van der Waals surface area contributed by atoms with Gasteiger partial charge in [-0.3, -0.25) is 9.36 Å². The Morgan fingerprint density at radius 3 is 2.26 bits per heavy atom. The molecule has 1 aromatic heterocycles. The molecule has 39 heavy (non-hydrogen) atoms. The van der Waals surface area contributed by atoms with Crippen LogP contribution in [0.25, 0.3) is 17.1 Å². The lowest BCUT2D eigenvalue weighted by Gasteiger charge is -2.36. The van der Waals surface area contributed by atoms with Crippen molar-refractivity contribution in [1.29, 1.82) is 0 Å². The molecule has 0 radical (unpaired) electrons. The van der Waals surface area contributed by atoms with Gasteiger partial charge in [0.25, 0.3) is 0 Å². The number of benzene rings is 3. The molecule has 3 aromatic carbocycles. The second kappa shape index (κ2) is 12.8. The summed E-state index contributed by atoms with van der Waals surface area (Å²) >= 11 is 1.70. The third-order valence-electron chi connectivity index (χ3n) is 7.04. The van der Waals surface area contributed by atoms with Crippen LogP contribution in [0.2, 0.25) is 0 Å². The lowest BCUT2D eigenvalue weighted by molar-refractivity contribution is -0.131. The maximum absolute atomic E-state index is 12.8. The molecule has 1 amide bonds. The molecule has 202 valence electrons. The Labute approximate surface area is 234 Å². The van der Waals surface area contributed by atoms with Gasteiger partial charge in [-0.1, -0.05) is 59.8 Å². The van der Waals surface area contributed by atoms with E-state index in [9.17, 15) is 4.79 Å². The summed E-state index contributed by atoms with van der Waals surface area (Å²) in [5.74, 6) is 2.84. The van der Waals surface area contributed by atoms with E-state index in [1.54, 1.807) is 18.9 Å². The molecule has 1 saturated heterocycles. The van der Waals surface area contributed by atoms with E-state index in [-0.39, 0.29) is 5.91 Å². The van der Waals surface area contributed by atoms with Gasteiger partial charge in [-0.2, -0.15) is 0 Å². The number of amides is 1. The number of ether oxygens (including phenoxy) is 1. The topological polar surface area (TPSA) is 63.5 Å². The van der Waals surface area contributed by atoms with Crippen LogP contribution in [-0.2, 0) is 4.79 Å². The number of nitrogens with zero attached hydrogens (tertiary/aromatic N) is 5. The van der Waals surface area contributed by atoms with E-state index in [0.29, 0.717) is 6.42 Å². The van der Waals surface area contributed by atoms with Gasteiger partial charge in [0.15, 0.2) is 11.0 Å². The second-order valence-corrected chi connectivity index (χ2v) is 10.8. The fourth-order valence-electron chi connectivity index (χ4n) is 4.77. The Kier molecular flexibility index (Phi) is 8.83. The first kappa shape index (κ1) is 26.8. The zero-order valence-electron chi connectivity index (χ0n) is 22.6. The Bertz CT molecular complexity index is 1350. The summed E-state index contributed by atoms with van der Waals surface area (Å²) in [5, 5.41) is 9.94. The molecule has 1 aliphatic heterocycles. The van der Waals surface area contributed by atoms with Crippen LogP contribution in [-0.4, -0.2) is 64.6 Å². The summed E-state index contributed by atoms with van der Waals surface area (Å²) in [5.41, 5.74) is 4.48. The maximum Gasteiger partial charge on any atom is 0.222 e. The molecule has 2 heterocycles. The molecule has 5 rings (SSSR count). The fourth-order valence-corrected chi connectivity index (χ4v) is 5.72. The minimum atomic E-state index is 0.253. The first-order valence-electron chi connectivity index (χ1n) is 13.5. The molecule has 0 N–H and O–H groups in total. The molecule has 4 aromatic rings. The number of carbonyl (C=O) groups excluding carboxylic acids is 1. The molecule has 7 nitrogen and oxygen atoms in total. The third-order valence-corrected chi connectivity index (χ3v) is 8.06. The minimum Gasteiger partial charge on any atom is -0.497 e. The molecule has 1 aliphatic rings. The highest BCUT2D eigenvalue weighted by Gasteiger charge is 2.21. The molecule has 0 spiro atoms. The Morgan fingerprint density at radius 1 is 0.846 bits per heavy atom. The normalized spacial score (nSPS) is 13.5. The van der Waals surface area contributed by atoms with Crippen molar-refractivity contribution in [3.8, 4) is 22.8 Å². The van der Waals surface area contributed by atoms with Crippen LogP contribution in [0.5, 0.6) is 5.75 Å². The average Bonchev–Trinajstić information content (AvgIpc) is 3.41. The van der Waals surface area contributed by atoms with Gasteiger partial charge in [0.05, 0.1) is 7.11 Å². The number of para-hydroxylation sites is 1. The van der Waals surface area contributed by atoms with Gasteiger partial charge in [-0.15, -0.1) is 10.2 Å². The number of anilines is 1. The molecule has 1 fully saturated rings. The number of piperazine rings is 1. The largest absolute Gasteiger partial charge is 0.497 e. The Balaban J connectivity index is 1.11. The SMILES string of the molecule is COc1ccc(N2CCN(C(=O)CCCCSc3nnc(-c4ccc(C)cc4)n3-c3ccccc3)CC2)cc1. The van der Waals surface area contributed by atoms with Crippen molar-refractivity contribution in [1.82, 2.24) is 19.7 Å². The zero-order chi connectivity index (χ0) is 27.0. The van der Waals surface area contributed by atoms with E-state index < -0.39 is 0 Å². The van der Waals surface area contributed by atoms with Crippen molar-refractivity contribution in [3.05, 3.63) is 84.4 Å². The van der Waals surface area contributed by atoms with Crippen molar-refractivity contribution in [2.45, 2.75) is 31.3 Å². The highest BCUT2D eigenvalue weighted by molar-refractivity contribution is 7.99. The highest BCUT2D eigenvalue weighted by atomic mass is 32.2. The molecule has 8 heteroatoms. The summed E-state index contributed by atoms with van der Waals surface area (Å²) < 4.78 is 7.38. The number of thioether (sulfide) groups is 1. The lowest BCUT2D eigenvalue weighted by Crippen LogP contribution is -2.48. The van der Waals surface area contributed by atoms with Gasteiger partial charge in [-0.05, 0) is 56.2 Å². The van der Waals surface area contributed by atoms with Crippen LogP contribution in [0.4, 0.5) is 5.69 Å². The fraction of sp³-hybridized carbons (Fsp3) is 0.323. The van der Waals surface area contributed by atoms with E-state index in [4.69, 9.17) is 4.74 Å². The number of rotatable bonds is 10. The predicted molar refractivity (Wildman–Crippen MR) is 158 cm³/mol. The van der Waals surface area contributed by atoms with Gasteiger partial charge >= 0.3 is 0 Å². The number of hydrogen-bond acceptors (Lipinski definition) is 6. The molecule has 0 unspecified atom stereocenters. The van der Waals surface area contributed by atoms with Crippen molar-refractivity contribution in [3.63, 3.8) is 0 Å². The Morgan fingerprint density at radius 2 is 1.56 bits per heavy atom. The first-order chi connectivity index (χ1) is 19.1. The zero-order valence-corrected chi connectivity index (χ0v) is 23.4. The summed E-state index contributed by atoms with van der Waals surface area (Å²) in [6.07, 6.45) is 2.40. The van der Waals surface area contributed by atoms with Gasteiger partial charge < -0.3 is 14.5 Å². The summed E-state index contributed by atoms with van der Waals surface area (Å²) in [6.45, 7) is 5.32. The van der Waals surface area contributed by atoms with Gasteiger partial charge in [0, 0.05) is 55.3 Å². The number of unbranched alkanes of at least 4 members (excludes halogenated alkanes) is 1. The van der Waals surface area contributed by atoms with E-state index in [1.807, 2.05) is 35.2 Å². The van der Waals surface area contributed by atoms with Gasteiger partial charge in [0.1, 0.15) is 5.75 Å². The molecule has 0 aliphatic carbocycles. The monoisotopic (exact) mass is 541 g/mol. The quantitative estimate of drug-likeness (QED) is 0.185. The standard InChI is InChI=1S/C31H35N5O2S/c1-24-11-13-25(14-12-24)30-32-33-31(36(30)27-8-4-3-5-9-27)39-23-7-6-10-29(37)35-21-19-34(20-22-35)26-15-17-28(38-2)18-16-26/h3-5,8-9,11-18H,6-7,10,19-23H2,1-2H3.